The fourth-order valence-corrected chi connectivity index (χ4v) is 1.54. The molecule has 1 aromatic rings. The van der Waals surface area contributed by atoms with E-state index in [1.807, 2.05) is 6.92 Å². The van der Waals surface area contributed by atoms with Crippen molar-refractivity contribution < 1.29 is 15.0 Å². The van der Waals surface area contributed by atoms with E-state index >= 15 is 0 Å². The summed E-state index contributed by atoms with van der Waals surface area (Å²) in [6.07, 6.45) is 1.83. The molecule has 0 radical (unpaired) electrons. The Labute approximate surface area is 89.4 Å². The molecule has 1 unspecified atom stereocenters. The number of unbranched alkanes of at least 4 members (excludes halogenated alkanes) is 1. The summed E-state index contributed by atoms with van der Waals surface area (Å²) in [5.74, 6) is -0.985. The molecule has 0 aliphatic rings. The van der Waals surface area contributed by atoms with E-state index in [4.69, 9.17) is 5.11 Å². The lowest BCUT2D eigenvalue weighted by Crippen LogP contribution is -2.06. The van der Waals surface area contributed by atoms with Crippen LogP contribution in [0.1, 0.15) is 48.2 Å². The van der Waals surface area contributed by atoms with Gasteiger partial charge >= 0.3 is 5.97 Å². The van der Waals surface area contributed by atoms with Crippen LogP contribution < -0.4 is 0 Å². The number of hydrogen-bond acceptors (Lipinski definition) is 2. The smallest absolute Gasteiger partial charge is 0.336 e. The first kappa shape index (κ1) is 11.7. The van der Waals surface area contributed by atoms with Crippen LogP contribution in [0, 0.1) is 0 Å². The maximum Gasteiger partial charge on any atom is 0.336 e. The van der Waals surface area contributed by atoms with Gasteiger partial charge in [0.1, 0.15) is 0 Å². The minimum absolute atomic E-state index is 0.195. The summed E-state index contributed by atoms with van der Waals surface area (Å²) >= 11 is 0. The molecule has 0 aromatic heterocycles. The highest BCUT2D eigenvalue weighted by molar-refractivity contribution is 5.89. The van der Waals surface area contributed by atoms with E-state index in [1.165, 1.54) is 6.07 Å². The molecule has 15 heavy (non-hydrogen) atoms. The largest absolute Gasteiger partial charge is 0.478 e. The van der Waals surface area contributed by atoms with Crippen molar-refractivity contribution in [1.82, 2.24) is 0 Å². The molecular weight excluding hydrogens is 192 g/mol. The summed E-state index contributed by atoms with van der Waals surface area (Å²) in [4.78, 5) is 10.9. The number of aromatic carboxylic acids is 1. The van der Waals surface area contributed by atoms with E-state index in [2.05, 4.69) is 0 Å². The normalized spacial score (nSPS) is 12.4. The first-order valence-electron chi connectivity index (χ1n) is 5.17. The van der Waals surface area contributed by atoms with Gasteiger partial charge in [0.05, 0.1) is 11.7 Å². The molecular formula is C12H16O3. The summed E-state index contributed by atoms with van der Waals surface area (Å²) in [6.45, 7) is 2.04. The molecule has 2 N–H and O–H groups in total. The van der Waals surface area contributed by atoms with Gasteiger partial charge in [0, 0.05) is 0 Å². The Hall–Kier alpha value is -1.35. The molecule has 1 atom stereocenters. The first-order chi connectivity index (χ1) is 7.16. The lowest BCUT2D eigenvalue weighted by Gasteiger charge is -2.12. The van der Waals surface area contributed by atoms with Crippen molar-refractivity contribution in [1.29, 1.82) is 0 Å². The quantitative estimate of drug-likeness (QED) is 0.782. The van der Waals surface area contributed by atoms with Crippen molar-refractivity contribution in [3.63, 3.8) is 0 Å². The van der Waals surface area contributed by atoms with Crippen LogP contribution in [0.3, 0.4) is 0 Å². The molecule has 1 aromatic carbocycles. The van der Waals surface area contributed by atoms with Crippen LogP contribution >= 0.6 is 0 Å². The average Bonchev–Trinajstić information content (AvgIpc) is 2.25. The van der Waals surface area contributed by atoms with Gasteiger partial charge in [-0.05, 0) is 18.1 Å². The number of carboxylic acids is 1. The summed E-state index contributed by atoms with van der Waals surface area (Å²) in [7, 11) is 0. The third-order valence-electron chi connectivity index (χ3n) is 2.38. The predicted molar refractivity (Wildman–Crippen MR) is 57.9 cm³/mol. The van der Waals surface area contributed by atoms with Crippen molar-refractivity contribution in [2.24, 2.45) is 0 Å². The molecule has 1 rings (SSSR count). The van der Waals surface area contributed by atoms with Crippen LogP contribution in [0.5, 0.6) is 0 Å². The van der Waals surface area contributed by atoms with Gasteiger partial charge in [0.15, 0.2) is 0 Å². The second-order valence-corrected chi connectivity index (χ2v) is 3.55. The maximum absolute atomic E-state index is 10.9. The maximum atomic E-state index is 10.9. The minimum Gasteiger partial charge on any atom is -0.478 e. The number of hydrogen-bond donors (Lipinski definition) is 2. The second-order valence-electron chi connectivity index (χ2n) is 3.55. The van der Waals surface area contributed by atoms with Crippen LogP contribution in [-0.2, 0) is 0 Å². The van der Waals surface area contributed by atoms with E-state index in [-0.39, 0.29) is 5.56 Å². The molecule has 0 bridgehead atoms. The number of carbonyl (C=O) groups is 1. The predicted octanol–water partition coefficient (Wildman–Crippen LogP) is 2.61. The Bertz CT molecular complexity index is 333. The minimum atomic E-state index is -0.985. The third-order valence-corrected chi connectivity index (χ3v) is 2.38. The highest BCUT2D eigenvalue weighted by atomic mass is 16.4. The van der Waals surface area contributed by atoms with E-state index < -0.39 is 12.1 Å². The van der Waals surface area contributed by atoms with Gasteiger partial charge in [-0.25, -0.2) is 4.79 Å². The van der Waals surface area contributed by atoms with E-state index in [0.29, 0.717) is 12.0 Å². The molecule has 3 heteroatoms. The number of benzene rings is 1. The van der Waals surface area contributed by atoms with E-state index in [1.54, 1.807) is 18.2 Å². The number of aliphatic hydroxyl groups is 1. The number of carboxylic acid groups (broad SMARTS) is 1. The van der Waals surface area contributed by atoms with Crippen LogP contribution in [0.15, 0.2) is 24.3 Å². The lowest BCUT2D eigenvalue weighted by atomic mass is 9.99. The second kappa shape index (κ2) is 5.51. The standard InChI is InChI=1S/C12H16O3/c1-2-3-8-11(13)9-6-4-5-7-10(9)12(14)15/h4-7,11,13H,2-3,8H2,1H3,(H,14,15). The van der Waals surface area contributed by atoms with Crippen molar-refractivity contribution >= 4 is 5.97 Å². The lowest BCUT2D eigenvalue weighted by molar-refractivity contribution is 0.0688. The SMILES string of the molecule is CCCCC(O)c1ccccc1C(=O)O. The van der Waals surface area contributed by atoms with Crippen molar-refractivity contribution in [3.05, 3.63) is 35.4 Å². The highest BCUT2D eigenvalue weighted by Gasteiger charge is 2.15. The zero-order chi connectivity index (χ0) is 11.3. The summed E-state index contributed by atoms with van der Waals surface area (Å²) in [6, 6.07) is 6.60. The number of aliphatic hydroxyl groups excluding tert-OH is 1. The van der Waals surface area contributed by atoms with Crippen molar-refractivity contribution in [2.75, 3.05) is 0 Å². The van der Waals surface area contributed by atoms with Gasteiger partial charge in [0.2, 0.25) is 0 Å². The van der Waals surface area contributed by atoms with E-state index in [0.717, 1.165) is 12.8 Å². The summed E-state index contributed by atoms with van der Waals surface area (Å²) < 4.78 is 0. The molecule has 3 nitrogen and oxygen atoms in total. The van der Waals surface area contributed by atoms with E-state index in [9.17, 15) is 9.90 Å². The Balaban J connectivity index is 2.87. The van der Waals surface area contributed by atoms with Crippen molar-refractivity contribution in [2.45, 2.75) is 32.3 Å². The fourth-order valence-electron chi connectivity index (χ4n) is 1.54. The fraction of sp³-hybridized carbons (Fsp3) is 0.417. The first-order valence-corrected chi connectivity index (χ1v) is 5.17. The molecule has 0 fully saturated rings. The molecule has 0 aliphatic carbocycles. The van der Waals surface area contributed by atoms with Gasteiger partial charge in [-0.1, -0.05) is 38.0 Å². The molecule has 0 amide bonds. The molecule has 0 spiro atoms. The molecule has 0 aliphatic heterocycles. The van der Waals surface area contributed by atoms with Crippen LogP contribution in [0.25, 0.3) is 0 Å². The zero-order valence-electron chi connectivity index (χ0n) is 8.81. The van der Waals surface area contributed by atoms with Crippen molar-refractivity contribution in [3.8, 4) is 0 Å². The Morgan fingerprint density at radius 1 is 1.40 bits per heavy atom. The summed E-state index contributed by atoms with van der Waals surface area (Å²) in [5.41, 5.74) is 0.708. The molecule has 0 saturated heterocycles. The zero-order valence-corrected chi connectivity index (χ0v) is 8.81. The Morgan fingerprint density at radius 2 is 2.07 bits per heavy atom. The van der Waals surface area contributed by atoms with Crippen LogP contribution in [-0.4, -0.2) is 16.2 Å². The van der Waals surface area contributed by atoms with Gasteiger partial charge in [-0.2, -0.15) is 0 Å². The summed E-state index contributed by atoms with van der Waals surface area (Å²) in [5, 5.41) is 18.7. The monoisotopic (exact) mass is 208 g/mol. The highest BCUT2D eigenvalue weighted by Crippen LogP contribution is 2.22. The average molecular weight is 208 g/mol. The molecule has 82 valence electrons. The Morgan fingerprint density at radius 3 is 2.67 bits per heavy atom. The molecule has 0 saturated carbocycles. The third kappa shape index (κ3) is 3.06. The van der Waals surface area contributed by atoms with Crippen LogP contribution in [0.2, 0.25) is 0 Å². The topological polar surface area (TPSA) is 57.5 Å². The van der Waals surface area contributed by atoms with Crippen LogP contribution in [0.4, 0.5) is 0 Å². The Kier molecular flexibility index (Phi) is 4.31. The number of rotatable bonds is 5. The van der Waals surface area contributed by atoms with Gasteiger partial charge < -0.3 is 10.2 Å². The van der Waals surface area contributed by atoms with Gasteiger partial charge in [-0.3, -0.25) is 0 Å². The van der Waals surface area contributed by atoms with Gasteiger partial charge in [0.25, 0.3) is 0 Å². The van der Waals surface area contributed by atoms with Gasteiger partial charge in [-0.15, -0.1) is 0 Å². The molecule has 0 heterocycles.